The van der Waals surface area contributed by atoms with E-state index < -0.39 is 10.0 Å². The SMILES string of the molecule is CS(=O)(=O)N1CCN(c2ccc(-n3cccn3)nn2)CC1. The Morgan fingerprint density at radius 1 is 1.05 bits per heavy atom. The number of hydrogen-bond acceptors (Lipinski definition) is 6. The minimum Gasteiger partial charge on any atom is -0.352 e. The molecule has 112 valence electrons. The molecule has 21 heavy (non-hydrogen) atoms. The van der Waals surface area contributed by atoms with Crippen molar-refractivity contribution < 1.29 is 8.42 Å². The Balaban J connectivity index is 1.69. The van der Waals surface area contributed by atoms with Crippen molar-refractivity contribution in [2.45, 2.75) is 0 Å². The molecule has 0 saturated carbocycles. The first kappa shape index (κ1) is 14.0. The number of rotatable bonds is 3. The molecule has 0 atom stereocenters. The van der Waals surface area contributed by atoms with Crippen LogP contribution >= 0.6 is 0 Å². The van der Waals surface area contributed by atoms with Crippen LogP contribution in [0.3, 0.4) is 0 Å². The number of anilines is 1. The molecule has 2 aromatic rings. The van der Waals surface area contributed by atoms with E-state index in [1.165, 1.54) is 10.6 Å². The molecule has 0 amide bonds. The minimum atomic E-state index is -3.11. The predicted molar refractivity (Wildman–Crippen MR) is 77.8 cm³/mol. The van der Waals surface area contributed by atoms with Crippen molar-refractivity contribution >= 4 is 15.8 Å². The Morgan fingerprint density at radius 2 is 1.71 bits per heavy atom. The van der Waals surface area contributed by atoms with E-state index in [1.54, 1.807) is 17.1 Å². The fourth-order valence-corrected chi connectivity index (χ4v) is 3.09. The molecule has 8 nitrogen and oxygen atoms in total. The summed E-state index contributed by atoms with van der Waals surface area (Å²) < 4.78 is 26.1. The topological polar surface area (TPSA) is 84.2 Å². The number of piperazine rings is 1. The summed E-state index contributed by atoms with van der Waals surface area (Å²) in [5, 5.41) is 12.4. The van der Waals surface area contributed by atoms with Crippen LogP contribution in [0.15, 0.2) is 30.6 Å². The highest BCUT2D eigenvalue weighted by atomic mass is 32.2. The average Bonchev–Trinajstić information content (AvgIpc) is 3.01. The maximum absolute atomic E-state index is 11.5. The van der Waals surface area contributed by atoms with Crippen LogP contribution in [-0.4, -0.2) is 65.1 Å². The molecule has 1 saturated heterocycles. The van der Waals surface area contributed by atoms with Gasteiger partial charge in [0.15, 0.2) is 11.6 Å². The van der Waals surface area contributed by atoms with Crippen LogP contribution in [0.25, 0.3) is 5.82 Å². The second-order valence-electron chi connectivity index (χ2n) is 4.85. The highest BCUT2D eigenvalue weighted by Gasteiger charge is 2.24. The van der Waals surface area contributed by atoms with E-state index >= 15 is 0 Å². The fourth-order valence-electron chi connectivity index (χ4n) is 2.26. The van der Waals surface area contributed by atoms with Crippen LogP contribution in [0.1, 0.15) is 0 Å². The van der Waals surface area contributed by atoms with Crippen molar-refractivity contribution in [1.82, 2.24) is 24.3 Å². The first-order chi connectivity index (χ1) is 10.0. The van der Waals surface area contributed by atoms with E-state index in [0.717, 1.165) is 5.82 Å². The van der Waals surface area contributed by atoms with Crippen LogP contribution in [0.2, 0.25) is 0 Å². The lowest BCUT2D eigenvalue weighted by Crippen LogP contribution is -2.48. The smallest absolute Gasteiger partial charge is 0.211 e. The molecule has 0 N–H and O–H groups in total. The molecular weight excluding hydrogens is 292 g/mol. The molecule has 1 fully saturated rings. The maximum Gasteiger partial charge on any atom is 0.211 e. The van der Waals surface area contributed by atoms with E-state index in [9.17, 15) is 8.42 Å². The van der Waals surface area contributed by atoms with Gasteiger partial charge < -0.3 is 4.90 Å². The first-order valence-electron chi connectivity index (χ1n) is 6.58. The summed E-state index contributed by atoms with van der Waals surface area (Å²) in [5.41, 5.74) is 0. The van der Waals surface area contributed by atoms with Crippen molar-refractivity contribution in [3.63, 3.8) is 0 Å². The molecule has 1 aliphatic heterocycles. The van der Waals surface area contributed by atoms with Crippen LogP contribution in [0.5, 0.6) is 0 Å². The van der Waals surface area contributed by atoms with Gasteiger partial charge in [-0.05, 0) is 18.2 Å². The lowest BCUT2D eigenvalue weighted by molar-refractivity contribution is 0.386. The van der Waals surface area contributed by atoms with Gasteiger partial charge in [-0.2, -0.15) is 9.40 Å². The van der Waals surface area contributed by atoms with Gasteiger partial charge >= 0.3 is 0 Å². The zero-order valence-electron chi connectivity index (χ0n) is 11.6. The van der Waals surface area contributed by atoms with Gasteiger partial charge in [0.1, 0.15) is 0 Å². The molecular formula is C12H16N6O2S. The molecule has 9 heteroatoms. The molecule has 0 radical (unpaired) electrons. The van der Waals surface area contributed by atoms with Gasteiger partial charge in [0.25, 0.3) is 0 Å². The van der Waals surface area contributed by atoms with Gasteiger partial charge in [0.2, 0.25) is 10.0 Å². The Kier molecular flexibility index (Phi) is 3.60. The van der Waals surface area contributed by atoms with Crippen molar-refractivity contribution in [3.05, 3.63) is 30.6 Å². The predicted octanol–water partition coefficient (Wildman–Crippen LogP) is -0.256. The molecule has 0 spiro atoms. The largest absolute Gasteiger partial charge is 0.352 e. The minimum absolute atomic E-state index is 0.474. The molecule has 1 aliphatic rings. The van der Waals surface area contributed by atoms with Crippen LogP contribution in [0.4, 0.5) is 5.82 Å². The van der Waals surface area contributed by atoms with Gasteiger partial charge in [-0.25, -0.2) is 13.1 Å². The lowest BCUT2D eigenvalue weighted by Gasteiger charge is -2.33. The van der Waals surface area contributed by atoms with E-state index in [2.05, 4.69) is 15.3 Å². The second-order valence-corrected chi connectivity index (χ2v) is 6.83. The summed E-state index contributed by atoms with van der Waals surface area (Å²) in [7, 11) is -3.11. The highest BCUT2D eigenvalue weighted by molar-refractivity contribution is 7.88. The van der Waals surface area contributed by atoms with Gasteiger partial charge in [0, 0.05) is 38.6 Å². The summed E-state index contributed by atoms with van der Waals surface area (Å²) >= 11 is 0. The summed E-state index contributed by atoms with van der Waals surface area (Å²) in [5.74, 6) is 1.40. The van der Waals surface area contributed by atoms with Crippen LogP contribution in [0, 0.1) is 0 Å². The number of aromatic nitrogens is 4. The highest BCUT2D eigenvalue weighted by Crippen LogP contribution is 2.15. The van der Waals surface area contributed by atoms with E-state index in [1.807, 2.05) is 23.1 Å². The Morgan fingerprint density at radius 3 is 2.24 bits per heavy atom. The van der Waals surface area contributed by atoms with Crippen LogP contribution < -0.4 is 4.90 Å². The molecule has 0 unspecified atom stereocenters. The van der Waals surface area contributed by atoms with Gasteiger partial charge in [-0.15, -0.1) is 10.2 Å². The third kappa shape index (κ3) is 3.03. The number of hydrogen-bond donors (Lipinski definition) is 0. The first-order valence-corrected chi connectivity index (χ1v) is 8.43. The van der Waals surface area contributed by atoms with Crippen molar-refractivity contribution in [1.29, 1.82) is 0 Å². The standard InChI is InChI=1S/C12H16N6O2S/c1-21(19,20)17-9-7-16(8-10-17)11-3-4-12(15-14-11)18-6-2-5-13-18/h2-6H,7-10H2,1H3. The van der Waals surface area contributed by atoms with E-state index in [0.29, 0.717) is 32.0 Å². The third-order valence-electron chi connectivity index (χ3n) is 3.41. The quantitative estimate of drug-likeness (QED) is 0.777. The molecule has 2 aromatic heterocycles. The second kappa shape index (κ2) is 5.41. The maximum atomic E-state index is 11.5. The fraction of sp³-hybridized carbons (Fsp3) is 0.417. The molecule has 3 heterocycles. The Hall–Kier alpha value is -2.00. The Bertz CT molecular complexity index is 690. The summed E-state index contributed by atoms with van der Waals surface area (Å²) in [6, 6.07) is 5.54. The number of nitrogens with zero attached hydrogens (tertiary/aromatic N) is 6. The lowest BCUT2D eigenvalue weighted by atomic mass is 10.3. The van der Waals surface area contributed by atoms with Crippen molar-refractivity contribution in [3.8, 4) is 5.82 Å². The Labute approximate surface area is 123 Å². The average molecular weight is 308 g/mol. The van der Waals surface area contributed by atoms with Gasteiger partial charge in [-0.3, -0.25) is 0 Å². The molecule has 0 aliphatic carbocycles. The zero-order valence-corrected chi connectivity index (χ0v) is 12.4. The summed E-state index contributed by atoms with van der Waals surface area (Å²) in [4.78, 5) is 2.03. The summed E-state index contributed by atoms with van der Waals surface area (Å²) in [6.45, 7) is 2.18. The van der Waals surface area contributed by atoms with E-state index in [-0.39, 0.29) is 0 Å². The monoisotopic (exact) mass is 308 g/mol. The van der Waals surface area contributed by atoms with E-state index in [4.69, 9.17) is 0 Å². The van der Waals surface area contributed by atoms with Crippen molar-refractivity contribution in [2.75, 3.05) is 37.3 Å². The molecule has 0 bridgehead atoms. The number of sulfonamides is 1. The molecule has 3 rings (SSSR count). The normalized spacial score (nSPS) is 17.1. The van der Waals surface area contributed by atoms with Crippen LogP contribution in [-0.2, 0) is 10.0 Å². The van der Waals surface area contributed by atoms with Gasteiger partial charge in [-0.1, -0.05) is 0 Å². The zero-order chi connectivity index (χ0) is 14.9. The van der Waals surface area contributed by atoms with Gasteiger partial charge in [0.05, 0.1) is 6.26 Å². The third-order valence-corrected chi connectivity index (χ3v) is 4.71. The van der Waals surface area contributed by atoms with Crippen molar-refractivity contribution in [2.24, 2.45) is 0 Å². The summed E-state index contributed by atoms with van der Waals surface area (Å²) in [6.07, 6.45) is 4.72. The molecule has 0 aromatic carbocycles.